The molecule has 0 N–H and O–H groups in total. The van der Waals surface area contributed by atoms with Gasteiger partial charge in [-0.05, 0) is 0 Å². The summed E-state index contributed by atoms with van der Waals surface area (Å²) < 4.78 is 6.56. The quantitative estimate of drug-likeness (QED) is 0.147. The molecular weight excluding hydrogens is 743 g/mol. The summed E-state index contributed by atoms with van der Waals surface area (Å²) in [4.78, 5) is 0. The number of rotatable bonds is 6. The van der Waals surface area contributed by atoms with Crippen LogP contribution in [0.25, 0.3) is 56.0 Å². The molecular formula is C46H48Cl2SiZr. The second-order valence-corrected chi connectivity index (χ2v) is 46.2. The van der Waals surface area contributed by atoms with E-state index in [1.165, 1.54) is 60.5 Å². The maximum absolute atomic E-state index is 3.79. The molecule has 50 heavy (non-hydrogen) atoms. The Hall–Kier alpha value is -3.00. The molecule has 0 radical (unpaired) electrons. The van der Waals surface area contributed by atoms with Crippen LogP contribution in [0.2, 0.25) is 9.26 Å². The largest absolute Gasteiger partial charge is 0.147 e. The van der Waals surface area contributed by atoms with Crippen molar-refractivity contribution >= 4 is 65.4 Å². The van der Waals surface area contributed by atoms with Crippen molar-refractivity contribution in [2.24, 2.45) is 5.92 Å². The van der Waals surface area contributed by atoms with Crippen molar-refractivity contribution in [1.82, 2.24) is 0 Å². The molecule has 0 heterocycles. The van der Waals surface area contributed by atoms with Crippen molar-refractivity contribution in [3.8, 4) is 22.3 Å². The van der Waals surface area contributed by atoms with Crippen molar-refractivity contribution in [2.75, 3.05) is 0 Å². The summed E-state index contributed by atoms with van der Waals surface area (Å²) in [6.45, 7) is 12.1. The SMILES string of the molecule is CCC(C)C1=Cc2c(-c3cccc4ccccc34)cccc2[CH]1[Zr]([CH3])([CH3])(=[SiH2])[CH]1C(C)=Cc2c(-c3cccc4ccccc34)ccc(C)c21.Cl.Cl. The van der Waals surface area contributed by atoms with Crippen LogP contribution in [0.15, 0.2) is 126 Å². The van der Waals surface area contributed by atoms with Crippen molar-refractivity contribution in [1.29, 1.82) is 0 Å². The van der Waals surface area contributed by atoms with Gasteiger partial charge in [0.2, 0.25) is 0 Å². The van der Waals surface area contributed by atoms with Crippen LogP contribution in [0.3, 0.4) is 0 Å². The molecule has 0 spiro atoms. The van der Waals surface area contributed by atoms with E-state index in [0.29, 0.717) is 13.2 Å². The van der Waals surface area contributed by atoms with Crippen LogP contribution in [-0.4, -0.2) is 6.88 Å². The Kier molecular flexibility index (Phi) is 9.95. The zero-order valence-corrected chi connectivity index (χ0v) is 35.6. The fourth-order valence-electron chi connectivity index (χ4n) is 9.75. The van der Waals surface area contributed by atoms with E-state index in [9.17, 15) is 0 Å². The monoisotopic (exact) mass is 788 g/mol. The second kappa shape index (κ2) is 13.5. The van der Waals surface area contributed by atoms with E-state index in [1.807, 2.05) is 0 Å². The molecule has 0 bridgehead atoms. The molecule has 0 nitrogen and oxygen atoms in total. The van der Waals surface area contributed by atoms with Crippen LogP contribution in [-0.2, 0) is 17.4 Å². The molecule has 3 unspecified atom stereocenters. The van der Waals surface area contributed by atoms with E-state index in [2.05, 4.69) is 171 Å². The maximum Gasteiger partial charge on any atom is -0.147 e. The molecule has 6 aromatic rings. The Labute approximate surface area is 313 Å². The van der Waals surface area contributed by atoms with Gasteiger partial charge in [0.15, 0.2) is 0 Å². The van der Waals surface area contributed by atoms with E-state index in [-0.39, 0.29) is 24.8 Å². The minimum atomic E-state index is -3.79. The fourth-order valence-corrected chi connectivity index (χ4v) is 30.3. The van der Waals surface area contributed by atoms with Gasteiger partial charge in [0.25, 0.3) is 0 Å². The van der Waals surface area contributed by atoms with Crippen LogP contribution in [0.5, 0.6) is 0 Å². The van der Waals surface area contributed by atoms with Gasteiger partial charge in [-0.25, -0.2) is 0 Å². The Balaban J connectivity index is 0.00000216. The summed E-state index contributed by atoms with van der Waals surface area (Å²) in [7, 11) is 0. The minimum Gasteiger partial charge on any atom is -0.147 e. The van der Waals surface area contributed by atoms with E-state index >= 15 is 0 Å². The smallest absolute Gasteiger partial charge is 0.147 e. The van der Waals surface area contributed by atoms with Gasteiger partial charge in [0.1, 0.15) is 0 Å². The third kappa shape index (κ3) is 5.67. The Bertz CT molecular complexity index is 2420. The Morgan fingerprint density at radius 2 is 1.12 bits per heavy atom. The Morgan fingerprint density at radius 1 is 0.600 bits per heavy atom. The van der Waals surface area contributed by atoms with Crippen LogP contribution in [0, 0.1) is 12.8 Å². The summed E-state index contributed by atoms with van der Waals surface area (Å²) in [6, 6.07) is 43.3. The van der Waals surface area contributed by atoms with Gasteiger partial charge in [-0.1, -0.05) is 0 Å². The molecule has 6 aromatic carbocycles. The zero-order valence-electron chi connectivity index (χ0n) is 30.1. The van der Waals surface area contributed by atoms with Gasteiger partial charge in [-0.3, -0.25) is 0 Å². The molecule has 2 aliphatic carbocycles. The average molecular weight is 791 g/mol. The molecule has 0 fully saturated rings. The number of allylic oxidation sites excluding steroid dienone is 2. The van der Waals surface area contributed by atoms with Crippen molar-refractivity contribution in [3.63, 3.8) is 0 Å². The first-order chi connectivity index (χ1) is 23.1. The first-order valence-electron chi connectivity index (χ1n) is 17.8. The number of halogens is 2. The van der Waals surface area contributed by atoms with E-state index in [4.69, 9.17) is 0 Å². The zero-order chi connectivity index (χ0) is 33.4. The number of aryl methyl sites for hydroxylation is 1. The van der Waals surface area contributed by atoms with Gasteiger partial charge in [-0.2, -0.15) is 0 Å². The number of hydrogen-bond donors (Lipinski definition) is 0. The summed E-state index contributed by atoms with van der Waals surface area (Å²) in [5, 5.41) is 5.29. The summed E-state index contributed by atoms with van der Waals surface area (Å²) >= 11 is -3.79. The molecule has 0 aromatic heterocycles. The number of benzene rings is 6. The molecule has 0 aliphatic heterocycles. The first-order valence-corrected chi connectivity index (χ1v) is 31.4. The second-order valence-electron chi connectivity index (χ2n) is 15.8. The van der Waals surface area contributed by atoms with Gasteiger partial charge in [-0.15, -0.1) is 24.8 Å². The average Bonchev–Trinajstić information content (AvgIpc) is 3.68. The number of fused-ring (bicyclic) bond motifs is 4. The van der Waals surface area contributed by atoms with Gasteiger partial charge >= 0.3 is 291 Å². The van der Waals surface area contributed by atoms with Gasteiger partial charge < -0.3 is 0 Å². The maximum atomic E-state index is 2.79. The normalized spacial score (nSPS) is 17.3. The predicted octanol–water partition coefficient (Wildman–Crippen LogP) is 13.5. The standard InChI is InChI=1S/C23H21.C21H17.2CH3.2ClH.H2Si.Zr/c1-3-16(2)19-14-18-10-7-13-22(23(18)15-19)21-12-6-9-17-8-4-5-11-20(17)21;1-14-12-20-15(2)10-11-19(21(20)13-14)18-9-5-7-16-6-3-4-8-17(16)18;;;;;;/h4-16H,3H2,1-2H3;3-13H,1-2H3;2*1H3;2*1H;1H2;. The van der Waals surface area contributed by atoms with Crippen LogP contribution < -0.4 is 0 Å². The van der Waals surface area contributed by atoms with Crippen LogP contribution in [0.4, 0.5) is 0 Å². The van der Waals surface area contributed by atoms with Crippen LogP contribution in [0.1, 0.15) is 62.3 Å². The first kappa shape index (κ1) is 36.8. The van der Waals surface area contributed by atoms with Crippen molar-refractivity contribution in [2.45, 2.75) is 50.6 Å². The number of hydrogen-bond acceptors (Lipinski definition) is 0. The predicted molar refractivity (Wildman–Crippen MR) is 225 cm³/mol. The van der Waals surface area contributed by atoms with E-state index in [0.717, 1.165) is 6.42 Å². The topological polar surface area (TPSA) is 0 Å². The summed E-state index contributed by atoms with van der Waals surface area (Å²) in [5.41, 5.74) is 16.2. The molecule has 0 saturated heterocycles. The molecule has 254 valence electrons. The molecule has 2 aliphatic rings. The van der Waals surface area contributed by atoms with Crippen LogP contribution >= 0.6 is 24.8 Å². The van der Waals surface area contributed by atoms with Crippen molar-refractivity contribution < 1.29 is 17.4 Å². The molecule has 8 rings (SSSR count). The molecule has 4 heteroatoms. The summed E-state index contributed by atoms with van der Waals surface area (Å²) in [6.07, 6.45) is 6.38. The Morgan fingerprint density at radius 3 is 1.72 bits per heavy atom. The van der Waals surface area contributed by atoms with Crippen molar-refractivity contribution in [3.05, 3.63) is 154 Å². The van der Waals surface area contributed by atoms with E-state index in [1.54, 1.807) is 22.3 Å². The molecule has 0 saturated carbocycles. The fraction of sp³-hybridized carbons (Fsp3) is 0.217. The third-order valence-corrected chi connectivity index (χ3v) is 29.5. The minimum absolute atomic E-state index is 0. The van der Waals surface area contributed by atoms with Gasteiger partial charge in [0, 0.05) is 0 Å². The molecule has 0 amide bonds. The molecule has 3 atom stereocenters. The van der Waals surface area contributed by atoms with E-state index < -0.39 is 17.4 Å². The summed E-state index contributed by atoms with van der Waals surface area (Å²) in [5.74, 6) is 0.536. The third-order valence-electron chi connectivity index (χ3n) is 12.0. The van der Waals surface area contributed by atoms with Gasteiger partial charge in [0.05, 0.1) is 0 Å².